The van der Waals surface area contributed by atoms with Gasteiger partial charge in [-0.05, 0) is 55.5 Å². The van der Waals surface area contributed by atoms with Crippen LogP contribution >= 0.6 is 27.7 Å². The molecule has 2 aromatic carbocycles. The molecule has 0 aliphatic rings. The molecule has 0 saturated heterocycles. The lowest BCUT2D eigenvalue weighted by Gasteiger charge is -2.13. The highest BCUT2D eigenvalue weighted by Gasteiger charge is 2.09. The Morgan fingerprint density at radius 3 is 2.40 bits per heavy atom. The second-order valence-electron chi connectivity index (χ2n) is 4.54. The zero-order valence-corrected chi connectivity index (χ0v) is 14.0. The molecule has 0 aliphatic heterocycles. The average molecular weight is 347 g/mol. The van der Waals surface area contributed by atoms with Gasteiger partial charge in [-0.15, -0.1) is 11.8 Å². The molecule has 0 bridgehead atoms. The number of benzene rings is 2. The van der Waals surface area contributed by atoms with E-state index < -0.39 is 0 Å². The Kier molecular flexibility index (Phi) is 4.74. The van der Waals surface area contributed by atoms with Crippen LogP contribution in [0, 0.1) is 25.2 Å². The molecular weight excluding hydrogens is 332 g/mol. The first-order valence-corrected chi connectivity index (χ1v) is 8.19. The molecule has 0 fully saturated rings. The Morgan fingerprint density at radius 1 is 1.20 bits per heavy atom. The molecule has 102 valence electrons. The maximum Gasteiger partial charge on any atom is 0.103 e. The summed E-state index contributed by atoms with van der Waals surface area (Å²) in [7, 11) is 0. The van der Waals surface area contributed by atoms with Gasteiger partial charge in [-0.25, -0.2) is 0 Å². The number of thioether (sulfide) groups is 1. The third-order valence-electron chi connectivity index (χ3n) is 3.07. The lowest BCUT2D eigenvalue weighted by Crippen LogP contribution is -1.96. The molecular formula is C16H15BrN2S. The predicted octanol–water partition coefficient (Wildman–Crippen LogP) is 5.40. The average Bonchev–Trinajstić information content (AvgIpc) is 2.44. The highest BCUT2D eigenvalue weighted by Crippen LogP contribution is 2.31. The van der Waals surface area contributed by atoms with Gasteiger partial charge in [0, 0.05) is 15.1 Å². The predicted molar refractivity (Wildman–Crippen MR) is 89.8 cm³/mol. The zero-order valence-electron chi connectivity index (χ0n) is 11.6. The van der Waals surface area contributed by atoms with E-state index in [9.17, 15) is 5.26 Å². The molecule has 1 N–H and O–H groups in total. The molecule has 0 heterocycles. The van der Waals surface area contributed by atoms with Crippen molar-refractivity contribution in [2.24, 2.45) is 0 Å². The minimum atomic E-state index is 0.693. The van der Waals surface area contributed by atoms with Crippen LogP contribution in [0.5, 0.6) is 0 Å². The Balaban J connectivity index is 2.43. The molecule has 0 unspecified atom stereocenters. The topological polar surface area (TPSA) is 35.8 Å². The van der Waals surface area contributed by atoms with Crippen molar-refractivity contribution < 1.29 is 0 Å². The number of hydrogen-bond acceptors (Lipinski definition) is 3. The zero-order chi connectivity index (χ0) is 14.7. The number of nitriles is 1. The van der Waals surface area contributed by atoms with Crippen molar-refractivity contribution in [3.05, 3.63) is 51.5 Å². The normalized spacial score (nSPS) is 10.2. The fourth-order valence-corrected chi connectivity index (χ4v) is 2.90. The van der Waals surface area contributed by atoms with Crippen LogP contribution in [0.1, 0.15) is 16.7 Å². The molecule has 0 atom stereocenters. The highest BCUT2D eigenvalue weighted by molar-refractivity contribution is 9.10. The van der Waals surface area contributed by atoms with Crippen LogP contribution in [0.4, 0.5) is 11.4 Å². The monoisotopic (exact) mass is 346 g/mol. The van der Waals surface area contributed by atoms with Crippen LogP contribution in [0.3, 0.4) is 0 Å². The van der Waals surface area contributed by atoms with Gasteiger partial charge in [0.25, 0.3) is 0 Å². The third kappa shape index (κ3) is 3.00. The van der Waals surface area contributed by atoms with E-state index in [-0.39, 0.29) is 0 Å². The number of anilines is 2. The minimum Gasteiger partial charge on any atom is -0.354 e. The van der Waals surface area contributed by atoms with Crippen LogP contribution in [-0.2, 0) is 0 Å². The van der Waals surface area contributed by atoms with Crippen LogP contribution < -0.4 is 5.32 Å². The van der Waals surface area contributed by atoms with Crippen molar-refractivity contribution in [1.82, 2.24) is 0 Å². The lowest BCUT2D eigenvalue weighted by molar-refractivity contribution is 1.32. The molecule has 0 radical (unpaired) electrons. The molecule has 0 aliphatic carbocycles. The molecule has 2 rings (SSSR count). The molecule has 20 heavy (non-hydrogen) atoms. The molecule has 0 aromatic heterocycles. The van der Waals surface area contributed by atoms with E-state index in [2.05, 4.69) is 53.3 Å². The second kappa shape index (κ2) is 6.34. The number of nitrogens with zero attached hydrogens (tertiary/aromatic N) is 1. The van der Waals surface area contributed by atoms with E-state index in [4.69, 9.17) is 0 Å². The summed E-state index contributed by atoms with van der Waals surface area (Å²) in [5.41, 5.74) is 4.88. The second-order valence-corrected chi connectivity index (χ2v) is 6.18. The number of halogens is 1. The van der Waals surface area contributed by atoms with Crippen molar-refractivity contribution in [3.8, 4) is 6.07 Å². The number of rotatable bonds is 3. The first-order valence-electron chi connectivity index (χ1n) is 6.17. The maximum atomic E-state index is 9.35. The van der Waals surface area contributed by atoms with E-state index in [0.717, 1.165) is 20.7 Å². The van der Waals surface area contributed by atoms with Crippen LogP contribution in [0.25, 0.3) is 0 Å². The van der Waals surface area contributed by atoms with Gasteiger partial charge in [0.15, 0.2) is 0 Å². The fraction of sp³-hybridized carbons (Fsp3) is 0.188. The number of nitrogens with one attached hydrogen (secondary N) is 1. The summed E-state index contributed by atoms with van der Waals surface area (Å²) < 4.78 is 1.13. The van der Waals surface area contributed by atoms with Crippen molar-refractivity contribution in [2.45, 2.75) is 18.7 Å². The van der Waals surface area contributed by atoms with Crippen LogP contribution in [-0.4, -0.2) is 6.26 Å². The maximum absolute atomic E-state index is 9.35. The quantitative estimate of drug-likeness (QED) is 0.755. The summed E-state index contributed by atoms with van der Waals surface area (Å²) in [5.74, 6) is 0. The van der Waals surface area contributed by atoms with Gasteiger partial charge in [0.05, 0.1) is 11.3 Å². The Hall–Kier alpha value is -1.44. The van der Waals surface area contributed by atoms with E-state index in [1.807, 2.05) is 24.5 Å². The van der Waals surface area contributed by atoms with Gasteiger partial charge in [0.2, 0.25) is 0 Å². The molecule has 0 spiro atoms. The van der Waals surface area contributed by atoms with Crippen molar-refractivity contribution in [1.29, 1.82) is 5.26 Å². The summed E-state index contributed by atoms with van der Waals surface area (Å²) in [6.07, 6.45) is 1.98. The first kappa shape index (κ1) is 15.0. The summed E-state index contributed by atoms with van der Waals surface area (Å²) >= 11 is 5.15. The van der Waals surface area contributed by atoms with Gasteiger partial charge in [-0.3, -0.25) is 0 Å². The van der Waals surface area contributed by atoms with Crippen molar-refractivity contribution in [2.75, 3.05) is 11.6 Å². The highest BCUT2D eigenvalue weighted by atomic mass is 79.9. The molecule has 2 aromatic rings. The Labute approximate surface area is 132 Å². The standard InChI is InChI=1S/C16H15BrN2S/c1-10-7-12(8-11(2)16(10)17)19-14-5-4-6-15(20-3)13(14)9-18/h4-8,19H,1-3H3. The molecule has 0 saturated carbocycles. The van der Waals surface area contributed by atoms with Gasteiger partial charge >= 0.3 is 0 Å². The number of hydrogen-bond donors (Lipinski definition) is 1. The van der Waals surface area contributed by atoms with Crippen molar-refractivity contribution >= 4 is 39.1 Å². The summed E-state index contributed by atoms with van der Waals surface area (Å²) in [6.45, 7) is 4.12. The Morgan fingerprint density at radius 2 is 1.85 bits per heavy atom. The molecule has 2 nitrogen and oxygen atoms in total. The van der Waals surface area contributed by atoms with Gasteiger partial charge in [0.1, 0.15) is 6.07 Å². The van der Waals surface area contributed by atoms with Gasteiger partial charge in [-0.2, -0.15) is 5.26 Å². The summed E-state index contributed by atoms with van der Waals surface area (Å²) in [4.78, 5) is 0.989. The van der Waals surface area contributed by atoms with E-state index in [1.165, 1.54) is 11.1 Å². The van der Waals surface area contributed by atoms with Crippen LogP contribution in [0.2, 0.25) is 0 Å². The SMILES string of the molecule is CSc1cccc(Nc2cc(C)c(Br)c(C)c2)c1C#N. The van der Waals surface area contributed by atoms with Gasteiger partial charge in [-0.1, -0.05) is 22.0 Å². The van der Waals surface area contributed by atoms with Gasteiger partial charge < -0.3 is 5.32 Å². The molecule has 4 heteroatoms. The third-order valence-corrected chi connectivity index (χ3v) is 5.10. The fourth-order valence-electron chi connectivity index (χ4n) is 2.09. The smallest absolute Gasteiger partial charge is 0.103 e. The van der Waals surface area contributed by atoms with Crippen LogP contribution in [0.15, 0.2) is 39.7 Å². The molecule has 0 amide bonds. The summed E-state index contributed by atoms with van der Waals surface area (Å²) in [6, 6.07) is 12.3. The first-order chi connectivity index (χ1) is 9.56. The van der Waals surface area contributed by atoms with Crippen molar-refractivity contribution in [3.63, 3.8) is 0 Å². The van der Waals surface area contributed by atoms with E-state index in [1.54, 1.807) is 11.8 Å². The van der Waals surface area contributed by atoms with E-state index in [0.29, 0.717) is 5.56 Å². The summed E-state index contributed by atoms with van der Waals surface area (Å²) in [5, 5.41) is 12.7. The Bertz CT molecular complexity index is 666. The minimum absolute atomic E-state index is 0.693. The lowest BCUT2D eigenvalue weighted by atomic mass is 10.1. The van der Waals surface area contributed by atoms with E-state index >= 15 is 0 Å². The largest absolute Gasteiger partial charge is 0.354 e. The number of aryl methyl sites for hydroxylation is 2.